The van der Waals surface area contributed by atoms with Crippen molar-refractivity contribution in [1.82, 2.24) is 9.88 Å². The van der Waals surface area contributed by atoms with Gasteiger partial charge in [-0.25, -0.2) is 0 Å². The van der Waals surface area contributed by atoms with Crippen LogP contribution in [0.15, 0.2) is 24.4 Å². The summed E-state index contributed by atoms with van der Waals surface area (Å²) in [6.07, 6.45) is 6.90. The smallest absolute Gasteiger partial charge is 0.0416 e. The Morgan fingerprint density at radius 3 is 3.00 bits per heavy atom. The Bertz CT molecular complexity index is 379. The first-order chi connectivity index (χ1) is 8.83. The van der Waals surface area contributed by atoms with Crippen LogP contribution in [0.4, 0.5) is 0 Å². The van der Waals surface area contributed by atoms with Gasteiger partial charge in [0.25, 0.3) is 0 Å². The third kappa shape index (κ3) is 2.57. The van der Waals surface area contributed by atoms with Gasteiger partial charge in [0.15, 0.2) is 0 Å². The Morgan fingerprint density at radius 1 is 1.28 bits per heavy atom. The zero-order valence-corrected chi connectivity index (χ0v) is 11.0. The average Bonchev–Trinajstić information content (AvgIpc) is 2.82. The molecule has 3 atom stereocenters. The number of nitrogens with zero attached hydrogens (tertiary/aromatic N) is 2. The van der Waals surface area contributed by atoms with E-state index >= 15 is 0 Å². The Hall–Kier alpha value is -0.930. The number of aromatic nitrogens is 1. The van der Waals surface area contributed by atoms with Gasteiger partial charge in [0.1, 0.15) is 0 Å². The fourth-order valence-corrected chi connectivity index (χ4v) is 3.61. The maximum absolute atomic E-state index is 6.25. The fraction of sp³-hybridized carbons (Fsp3) is 0.667. The predicted molar refractivity (Wildman–Crippen MR) is 73.2 cm³/mol. The second-order valence-electron chi connectivity index (χ2n) is 5.85. The quantitative estimate of drug-likeness (QED) is 0.881. The molecule has 3 nitrogen and oxygen atoms in total. The van der Waals surface area contributed by atoms with Crippen molar-refractivity contribution in [1.29, 1.82) is 0 Å². The zero-order chi connectivity index (χ0) is 12.4. The van der Waals surface area contributed by atoms with Crippen molar-refractivity contribution >= 4 is 0 Å². The molecule has 0 bridgehead atoms. The molecule has 3 rings (SSSR count). The lowest BCUT2D eigenvalue weighted by Crippen LogP contribution is -2.38. The second kappa shape index (κ2) is 5.37. The molecular formula is C15H23N3. The molecule has 2 fully saturated rings. The minimum Gasteiger partial charge on any atom is -0.327 e. The van der Waals surface area contributed by atoms with Crippen molar-refractivity contribution in [2.75, 3.05) is 19.6 Å². The summed E-state index contributed by atoms with van der Waals surface area (Å²) in [5.74, 6) is 1.61. The maximum Gasteiger partial charge on any atom is 0.0416 e. The van der Waals surface area contributed by atoms with Crippen molar-refractivity contribution in [3.05, 3.63) is 30.1 Å². The molecule has 98 valence electrons. The summed E-state index contributed by atoms with van der Waals surface area (Å²) in [5, 5.41) is 0. The van der Waals surface area contributed by atoms with Crippen LogP contribution in [0, 0.1) is 11.8 Å². The summed E-state index contributed by atoms with van der Waals surface area (Å²) < 4.78 is 0. The summed E-state index contributed by atoms with van der Waals surface area (Å²) in [7, 11) is 0. The molecule has 1 saturated carbocycles. The molecule has 0 aromatic carbocycles. The highest BCUT2D eigenvalue weighted by atomic mass is 15.2. The van der Waals surface area contributed by atoms with Crippen LogP contribution < -0.4 is 5.73 Å². The lowest BCUT2D eigenvalue weighted by atomic mass is 9.78. The normalized spacial score (nSPS) is 32.4. The zero-order valence-electron chi connectivity index (χ0n) is 11.0. The molecule has 2 aliphatic rings. The van der Waals surface area contributed by atoms with Crippen LogP contribution in [0.3, 0.4) is 0 Å². The minimum atomic E-state index is 0.448. The SMILES string of the molecule is NC1CCCC2CN(CCc3ccccn3)CC12. The van der Waals surface area contributed by atoms with E-state index in [4.69, 9.17) is 5.73 Å². The molecule has 3 heteroatoms. The van der Waals surface area contributed by atoms with Crippen LogP contribution in [-0.4, -0.2) is 35.6 Å². The average molecular weight is 245 g/mol. The molecule has 1 aliphatic carbocycles. The van der Waals surface area contributed by atoms with E-state index in [0.29, 0.717) is 6.04 Å². The van der Waals surface area contributed by atoms with Crippen LogP contribution >= 0.6 is 0 Å². The van der Waals surface area contributed by atoms with E-state index in [9.17, 15) is 0 Å². The Balaban J connectivity index is 1.53. The maximum atomic E-state index is 6.25. The highest BCUT2D eigenvalue weighted by Gasteiger charge is 2.38. The van der Waals surface area contributed by atoms with Crippen LogP contribution in [0.5, 0.6) is 0 Å². The number of hydrogen-bond acceptors (Lipinski definition) is 3. The van der Waals surface area contributed by atoms with Gasteiger partial charge in [-0.15, -0.1) is 0 Å². The van der Waals surface area contributed by atoms with Crippen molar-refractivity contribution in [2.45, 2.75) is 31.7 Å². The van der Waals surface area contributed by atoms with Crippen LogP contribution in [-0.2, 0) is 6.42 Å². The van der Waals surface area contributed by atoms with E-state index in [0.717, 1.165) is 24.8 Å². The van der Waals surface area contributed by atoms with E-state index in [1.165, 1.54) is 38.0 Å². The molecule has 1 saturated heterocycles. The number of likely N-dealkylation sites (tertiary alicyclic amines) is 1. The van der Waals surface area contributed by atoms with E-state index in [1.807, 2.05) is 12.3 Å². The van der Waals surface area contributed by atoms with Crippen LogP contribution in [0.2, 0.25) is 0 Å². The fourth-order valence-electron chi connectivity index (χ4n) is 3.61. The molecule has 2 heterocycles. The van der Waals surface area contributed by atoms with Crippen LogP contribution in [0.25, 0.3) is 0 Å². The molecule has 0 spiro atoms. The van der Waals surface area contributed by atoms with Crippen molar-refractivity contribution in [3.63, 3.8) is 0 Å². The lowest BCUT2D eigenvalue weighted by molar-refractivity contribution is 0.259. The highest BCUT2D eigenvalue weighted by Crippen LogP contribution is 2.35. The second-order valence-corrected chi connectivity index (χ2v) is 5.85. The van der Waals surface area contributed by atoms with Gasteiger partial charge in [0, 0.05) is 44.0 Å². The topological polar surface area (TPSA) is 42.1 Å². The van der Waals surface area contributed by atoms with Gasteiger partial charge >= 0.3 is 0 Å². The molecule has 1 aromatic heterocycles. The first-order valence-corrected chi connectivity index (χ1v) is 7.21. The third-order valence-electron chi connectivity index (χ3n) is 4.64. The van der Waals surface area contributed by atoms with E-state index in [1.54, 1.807) is 0 Å². The van der Waals surface area contributed by atoms with E-state index < -0.39 is 0 Å². The summed E-state index contributed by atoms with van der Waals surface area (Å²) in [4.78, 5) is 6.99. The minimum absolute atomic E-state index is 0.448. The standard InChI is InChI=1S/C15H23N3/c16-15-6-3-4-12-10-18(11-14(12)15)9-7-13-5-1-2-8-17-13/h1-2,5,8,12,14-15H,3-4,6-7,9-11,16H2. The van der Waals surface area contributed by atoms with Crippen LogP contribution in [0.1, 0.15) is 25.0 Å². The van der Waals surface area contributed by atoms with E-state index in [2.05, 4.69) is 22.0 Å². The lowest BCUT2D eigenvalue weighted by Gasteiger charge is -2.29. The van der Waals surface area contributed by atoms with Gasteiger partial charge in [0.05, 0.1) is 0 Å². The first kappa shape index (κ1) is 12.1. The molecule has 2 N–H and O–H groups in total. The predicted octanol–water partition coefficient (Wildman–Crippen LogP) is 1.68. The molecule has 3 unspecified atom stereocenters. The first-order valence-electron chi connectivity index (χ1n) is 7.21. The summed E-state index contributed by atoms with van der Waals surface area (Å²) >= 11 is 0. The molecular weight excluding hydrogens is 222 g/mol. The molecule has 1 aliphatic heterocycles. The monoisotopic (exact) mass is 245 g/mol. The van der Waals surface area contributed by atoms with Crippen molar-refractivity contribution < 1.29 is 0 Å². The van der Waals surface area contributed by atoms with E-state index in [-0.39, 0.29) is 0 Å². The van der Waals surface area contributed by atoms with Gasteiger partial charge in [-0.2, -0.15) is 0 Å². The highest BCUT2D eigenvalue weighted by molar-refractivity contribution is 5.04. The summed E-state index contributed by atoms with van der Waals surface area (Å²) in [5.41, 5.74) is 7.46. The van der Waals surface area contributed by atoms with Gasteiger partial charge in [0.2, 0.25) is 0 Å². The largest absolute Gasteiger partial charge is 0.327 e. The molecule has 1 aromatic rings. The van der Waals surface area contributed by atoms with Gasteiger partial charge < -0.3 is 10.6 Å². The Labute approximate surface area is 109 Å². The van der Waals surface area contributed by atoms with Gasteiger partial charge in [-0.05, 0) is 36.8 Å². The number of fused-ring (bicyclic) bond motifs is 1. The molecule has 0 amide bonds. The summed E-state index contributed by atoms with van der Waals surface area (Å²) in [6.45, 7) is 3.60. The van der Waals surface area contributed by atoms with Crippen molar-refractivity contribution in [2.24, 2.45) is 17.6 Å². The number of hydrogen-bond donors (Lipinski definition) is 1. The number of pyridine rings is 1. The van der Waals surface area contributed by atoms with Gasteiger partial charge in [-0.1, -0.05) is 12.5 Å². The molecule has 18 heavy (non-hydrogen) atoms. The number of rotatable bonds is 3. The summed E-state index contributed by atoms with van der Waals surface area (Å²) in [6, 6.07) is 6.62. The Kier molecular flexibility index (Phi) is 3.62. The Morgan fingerprint density at radius 2 is 2.22 bits per heavy atom. The van der Waals surface area contributed by atoms with Crippen molar-refractivity contribution in [3.8, 4) is 0 Å². The molecule has 0 radical (unpaired) electrons. The van der Waals surface area contributed by atoms with Gasteiger partial charge in [-0.3, -0.25) is 4.98 Å². The number of nitrogens with two attached hydrogens (primary N) is 1. The third-order valence-corrected chi connectivity index (χ3v) is 4.64.